The lowest BCUT2D eigenvalue weighted by Gasteiger charge is -2.27. The van der Waals surface area contributed by atoms with Crippen molar-refractivity contribution in [2.75, 3.05) is 19.8 Å². The molecule has 0 heterocycles. The van der Waals surface area contributed by atoms with E-state index < -0.39 is 46.5 Å². The molecule has 9 nitrogen and oxygen atoms in total. The molecule has 0 aromatic rings. The zero-order valence-electron chi connectivity index (χ0n) is 16.0. The first-order valence-electron chi connectivity index (χ1n) is 9.41. The van der Waals surface area contributed by atoms with E-state index in [2.05, 4.69) is 6.92 Å². The van der Waals surface area contributed by atoms with E-state index in [-0.39, 0.29) is 6.04 Å². The van der Waals surface area contributed by atoms with Gasteiger partial charge in [0.15, 0.2) is 0 Å². The van der Waals surface area contributed by atoms with Crippen molar-refractivity contribution in [2.45, 2.75) is 70.8 Å². The van der Waals surface area contributed by atoms with Gasteiger partial charge in [0.1, 0.15) is 19.8 Å². The van der Waals surface area contributed by atoms with E-state index in [1.54, 1.807) is 0 Å². The molecule has 158 valence electrons. The van der Waals surface area contributed by atoms with Gasteiger partial charge < -0.3 is 28.6 Å². The second-order valence-electron chi connectivity index (χ2n) is 6.16. The van der Waals surface area contributed by atoms with E-state index >= 15 is 0 Å². The molecule has 10 heteroatoms. The lowest BCUT2D eigenvalue weighted by atomic mass is 10.1. The van der Waals surface area contributed by atoms with Crippen LogP contribution in [0.4, 0.5) is 0 Å². The molecule has 27 heavy (non-hydrogen) atoms. The molecule has 0 radical (unpaired) electrons. The minimum atomic E-state index is -4.16. The molecule has 0 aromatic carbocycles. The van der Waals surface area contributed by atoms with Gasteiger partial charge >= 0.3 is 26.7 Å². The molecule has 0 unspecified atom stereocenters. The average Bonchev–Trinajstić information content (AvgIpc) is 2.66. The summed E-state index contributed by atoms with van der Waals surface area (Å²) in [5.41, 5.74) is 0. The van der Waals surface area contributed by atoms with E-state index in [0.29, 0.717) is 6.42 Å². The van der Waals surface area contributed by atoms with Crippen molar-refractivity contribution in [3.05, 3.63) is 0 Å². The molecule has 0 saturated heterocycles. The monoisotopic (exact) mass is 408 g/mol. The maximum atomic E-state index is 11.5. The van der Waals surface area contributed by atoms with E-state index in [4.69, 9.17) is 28.6 Å². The van der Waals surface area contributed by atoms with Crippen molar-refractivity contribution in [1.29, 1.82) is 0 Å². The van der Waals surface area contributed by atoms with Gasteiger partial charge in [-0.15, -0.1) is 0 Å². The minimum Gasteiger partial charge on any atom is -0.453 e. The van der Waals surface area contributed by atoms with E-state index in [1.807, 2.05) is 0 Å². The molecular formula is C17H32O9Si. The molecule has 0 aliphatic carbocycles. The highest BCUT2D eigenvalue weighted by Crippen LogP contribution is 2.22. The van der Waals surface area contributed by atoms with Crippen LogP contribution in [0.1, 0.15) is 64.7 Å². The maximum absolute atomic E-state index is 11.5. The molecule has 0 rings (SSSR count). The Morgan fingerprint density at radius 1 is 0.630 bits per heavy atom. The van der Waals surface area contributed by atoms with Crippen LogP contribution in [0.2, 0.25) is 6.04 Å². The van der Waals surface area contributed by atoms with Gasteiger partial charge in [0.25, 0.3) is 0 Å². The first-order valence-corrected chi connectivity index (χ1v) is 11.3. The Kier molecular flexibility index (Phi) is 14.7. The molecule has 0 aliphatic rings. The highest BCUT2D eigenvalue weighted by Gasteiger charge is 2.52. The van der Waals surface area contributed by atoms with Crippen LogP contribution in [0.3, 0.4) is 0 Å². The molecule has 0 atom stereocenters. The van der Waals surface area contributed by atoms with Crippen LogP contribution in [-0.4, -0.2) is 61.9 Å². The summed E-state index contributed by atoms with van der Waals surface area (Å²) in [5, 5.41) is 26.6. The highest BCUT2D eigenvalue weighted by atomic mass is 28.4. The van der Waals surface area contributed by atoms with Crippen LogP contribution in [0, 0.1) is 0 Å². The van der Waals surface area contributed by atoms with Crippen LogP contribution in [-0.2, 0) is 27.7 Å². The van der Waals surface area contributed by atoms with E-state index in [1.165, 1.54) is 25.7 Å². The van der Waals surface area contributed by atoms with Crippen molar-refractivity contribution in [3.8, 4) is 0 Å². The van der Waals surface area contributed by atoms with Crippen LogP contribution < -0.4 is 0 Å². The van der Waals surface area contributed by atoms with Gasteiger partial charge in [-0.3, -0.25) is 14.4 Å². The first kappa shape index (κ1) is 25.5. The van der Waals surface area contributed by atoms with Crippen LogP contribution in [0.5, 0.6) is 0 Å². The quantitative estimate of drug-likeness (QED) is 0.253. The zero-order chi connectivity index (χ0) is 20.5. The number of aliphatic hydroxyl groups is 3. The molecule has 0 spiro atoms. The summed E-state index contributed by atoms with van der Waals surface area (Å²) in [6.45, 7) is -0.799. The third kappa shape index (κ3) is 12.5. The number of carbonyl (C=O) groups excluding carboxylic acids is 3. The Labute approximate surface area is 161 Å². The molecule has 0 aromatic heterocycles. The summed E-state index contributed by atoms with van der Waals surface area (Å²) < 4.78 is 14.8. The van der Waals surface area contributed by atoms with Crippen molar-refractivity contribution in [2.24, 2.45) is 0 Å². The molecule has 0 amide bonds. The van der Waals surface area contributed by atoms with Crippen molar-refractivity contribution < 1.29 is 43.0 Å². The second-order valence-corrected chi connectivity index (χ2v) is 8.64. The topological polar surface area (TPSA) is 140 Å². The fraction of sp³-hybridized carbons (Fsp3) is 0.824. The number of hydrogen-bond donors (Lipinski definition) is 3. The predicted molar refractivity (Wildman–Crippen MR) is 97.3 cm³/mol. The summed E-state index contributed by atoms with van der Waals surface area (Å²) in [6.07, 6.45) is 9.12. The Balaban J connectivity index is 4.67. The smallest absolute Gasteiger partial charge is 0.453 e. The number of rotatable bonds is 16. The lowest BCUT2D eigenvalue weighted by molar-refractivity contribution is -0.154. The van der Waals surface area contributed by atoms with E-state index in [9.17, 15) is 14.4 Å². The van der Waals surface area contributed by atoms with Gasteiger partial charge in [-0.1, -0.05) is 58.3 Å². The summed E-state index contributed by atoms with van der Waals surface area (Å²) in [7, 11) is -4.16. The fourth-order valence-corrected chi connectivity index (χ4v) is 4.83. The number of hydrogen-bond acceptors (Lipinski definition) is 9. The first-order chi connectivity index (χ1) is 12.9. The number of unbranched alkanes of at least 4 members (excludes halogenated alkanes) is 8. The molecule has 0 bridgehead atoms. The Morgan fingerprint density at radius 3 is 1.30 bits per heavy atom. The minimum absolute atomic E-state index is 0.0357. The van der Waals surface area contributed by atoms with Gasteiger partial charge in [0, 0.05) is 0 Å². The SMILES string of the molecule is CCCCCCCCCCC[Si](OC(=O)CO)(OC(=O)CO)OC(=O)CO. The summed E-state index contributed by atoms with van der Waals surface area (Å²) >= 11 is 0. The van der Waals surface area contributed by atoms with Crippen LogP contribution in [0.15, 0.2) is 0 Å². The van der Waals surface area contributed by atoms with Crippen LogP contribution in [0.25, 0.3) is 0 Å². The fourth-order valence-electron chi connectivity index (χ4n) is 2.48. The van der Waals surface area contributed by atoms with Gasteiger partial charge in [0.2, 0.25) is 0 Å². The van der Waals surface area contributed by atoms with Gasteiger partial charge in [-0.05, 0) is 6.42 Å². The Hall–Kier alpha value is -1.49. The van der Waals surface area contributed by atoms with Crippen molar-refractivity contribution >= 4 is 26.7 Å². The number of aliphatic hydroxyl groups excluding tert-OH is 3. The van der Waals surface area contributed by atoms with E-state index in [0.717, 1.165) is 25.7 Å². The third-order valence-corrected chi connectivity index (χ3v) is 6.36. The van der Waals surface area contributed by atoms with Gasteiger partial charge in [0.05, 0.1) is 6.04 Å². The molecular weight excluding hydrogens is 376 g/mol. The van der Waals surface area contributed by atoms with Crippen LogP contribution >= 0.6 is 0 Å². The average molecular weight is 409 g/mol. The molecule has 0 saturated carbocycles. The van der Waals surface area contributed by atoms with Crippen molar-refractivity contribution in [3.63, 3.8) is 0 Å². The predicted octanol–water partition coefficient (Wildman–Crippen LogP) is 1.06. The molecule has 3 N–H and O–H groups in total. The largest absolute Gasteiger partial charge is 0.705 e. The number of carbonyl (C=O) groups is 3. The van der Waals surface area contributed by atoms with Crippen molar-refractivity contribution in [1.82, 2.24) is 0 Å². The zero-order valence-corrected chi connectivity index (χ0v) is 17.0. The normalized spacial score (nSPS) is 11.1. The Morgan fingerprint density at radius 2 is 0.963 bits per heavy atom. The Bertz CT molecular complexity index is 397. The molecule has 0 aliphatic heterocycles. The molecule has 0 fully saturated rings. The van der Waals surface area contributed by atoms with Gasteiger partial charge in [-0.25, -0.2) is 0 Å². The summed E-state index contributed by atoms with van der Waals surface area (Å²) in [6, 6.07) is -0.0357. The standard InChI is InChI=1S/C17H32O9Si/c1-2-3-4-5-6-7-8-9-10-11-27(24-15(21)12-18,25-16(22)13-19)26-17(23)14-20/h18-20H,2-14H2,1H3. The lowest BCUT2D eigenvalue weighted by Crippen LogP contribution is -2.51. The summed E-state index contributed by atoms with van der Waals surface area (Å²) in [5.74, 6) is -3.35. The maximum Gasteiger partial charge on any atom is 0.705 e. The van der Waals surface area contributed by atoms with Gasteiger partial charge in [-0.2, -0.15) is 0 Å². The highest BCUT2D eigenvalue weighted by molar-refractivity contribution is 6.65. The summed E-state index contributed by atoms with van der Waals surface area (Å²) in [4.78, 5) is 34.4. The third-order valence-electron chi connectivity index (χ3n) is 3.78. The second kappa shape index (κ2) is 15.6.